The van der Waals surface area contributed by atoms with Crippen molar-refractivity contribution in [1.82, 2.24) is 20.0 Å². The molecule has 0 bridgehead atoms. The Bertz CT molecular complexity index is 484. The van der Waals surface area contributed by atoms with Crippen molar-refractivity contribution in [2.24, 2.45) is 0 Å². The zero-order valence-corrected chi connectivity index (χ0v) is 12.2. The highest BCUT2D eigenvalue weighted by Crippen LogP contribution is 2.19. The van der Waals surface area contributed by atoms with Crippen LogP contribution < -0.4 is 5.32 Å². The topological polar surface area (TPSA) is 70.6 Å². The van der Waals surface area contributed by atoms with E-state index in [1.807, 2.05) is 24.1 Å². The van der Waals surface area contributed by atoms with Crippen molar-refractivity contribution in [1.29, 1.82) is 0 Å². The number of likely N-dealkylation sites (tertiary alicyclic amines) is 1. The molecule has 0 aromatic carbocycles. The minimum Gasteiger partial charge on any atom is -0.374 e. The molecule has 2 aliphatic heterocycles. The van der Waals surface area contributed by atoms with E-state index >= 15 is 0 Å². The second kappa shape index (κ2) is 6.36. The molecule has 1 amide bonds. The molecule has 3 rings (SSSR count). The van der Waals surface area contributed by atoms with Crippen LogP contribution in [0.4, 0.5) is 5.82 Å². The third-order valence-corrected chi connectivity index (χ3v) is 4.09. The molecule has 2 atom stereocenters. The van der Waals surface area contributed by atoms with E-state index in [0.29, 0.717) is 13.2 Å². The molecular weight excluding hydrogens is 270 g/mol. The molecule has 1 N–H and O–H groups in total. The van der Waals surface area contributed by atoms with E-state index < -0.39 is 0 Å². The Hall–Kier alpha value is -1.73. The second-order valence-electron chi connectivity index (χ2n) is 5.54. The molecule has 3 heterocycles. The van der Waals surface area contributed by atoms with E-state index in [4.69, 9.17) is 4.74 Å². The number of carbonyl (C=O) groups excluding carboxylic acids is 1. The van der Waals surface area contributed by atoms with Gasteiger partial charge in [0.2, 0.25) is 5.91 Å². The third kappa shape index (κ3) is 3.30. The van der Waals surface area contributed by atoms with Crippen molar-refractivity contribution >= 4 is 11.7 Å². The SMILES string of the molecule is CN1CC[C@H](N2CCO[C@@H](CNc3cccnn3)C2)C1=O. The number of amides is 1. The summed E-state index contributed by atoms with van der Waals surface area (Å²) in [5, 5.41) is 11.0. The molecule has 114 valence electrons. The standard InChI is InChI=1S/C14H21N5O2/c1-18-6-4-12(14(18)20)19-7-8-21-11(10-19)9-15-13-3-2-5-16-17-13/h2-3,5,11-12H,4,6-10H2,1H3,(H,15,17)/t11-,12-/m0/s1. The number of likely N-dealkylation sites (N-methyl/N-ethyl adjacent to an activating group) is 1. The van der Waals surface area contributed by atoms with Crippen LogP contribution in [0.2, 0.25) is 0 Å². The first kappa shape index (κ1) is 14.2. The van der Waals surface area contributed by atoms with Crippen LogP contribution in [-0.2, 0) is 9.53 Å². The Morgan fingerprint density at radius 3 is 3.10 bits per heavy atom. The summed E-state index contributed by atoms with van der Waals surface area (Å²) in [5.74, 6) is 0.979. The maximum absolute atomic E-state index is 12.1. The van der Waals surface area contributed by atoms with Crippen molar-refractivity contribution < 1.29 is 9.53 Å². The molecule has 0 saturated carbocycles. The fourth-order valence-corrected chi connectivity index (χ4v) is 2.91. The first-order valence-corrected chi connectivity index (χ1v) is 7.36. The fraction of sp³-hybridized carbons (Fsp3) is 0.643. The van der Waals surface area contributed by atoms with Gasteiger partial charge in [-0.25, -0.2) is 0 Å². The van der Waals surface area contributed by atoms with Gasteiger partial charge in [0.25, 0.3) is 0 Å². The molecule has 7 heteroatoms. The summed E-state index contributed by atoms with van der Waals surface area (Å²) in [6.45, 7) is 3.79. The van der Waals surface area contributed by atoms with E-state index in [-0.39, 0.29) is 18.1 Å². The van der Waals surface area contributed by atoms with Crippen molar-refractivity contribution in [3.05, 3.63) is 18.3 Å². The van der Waals surface area contributed by atoms with E-state index in [1.165, 1.54) is 0 Å². The highest BCUT2D eigenvalue weighted by molar-refractivity contribution is 5.83. The zero-order valence-electron chi connectivity index (χ0n) is 12.2. The number of aromatic nitrogens is 2. The van der Waals surface area contributed by atoms with Crippen molar-refractivity contribution in [3.8, 4) is 0 Å². The molecule has 2 saturated heterocycles. The summed E-state index contributed by atoms with van der Waals surface area (Å²) in [5.41, 5.74) is 0. The summed E-state index contributed by atoms with van der Waals surface area (Å²) in [4.78, 5) is 16.2. The predicted octanol–water partition coefficient (Wildman–Crippen LogP) is -0.180. The Balaban J connectivity index is 1.53. The van der Waals surface area contributed by atoms with Gasteiger partial charge in [0.15, 0.2) is 0 Å². The van der Waals surface area contributed by atoms with E-state index in [1.54, 1.807) is 6.20 Å². The zero-order chi connectivity index (χ0) is 14.7. The van der Waals surface area contributed by atoms with Gasteiger partial charge >= 0.3 is 0 Å². The lowest BCUT2D eigenvalue weighted by Crippen LogP contribution is -2.51. The average molecular weight is 291 g/mol. The largest absolute Gasteiger partial charge is 0.374 e. The van der Waals surface area contributed by atoms with Crippen LogP contribution in [0.1, 0.15) is 6.42 Å². The Labute approximate surface area is 124 Å². The number of ether oxygens (including phenoxy) is 1. The normalized spacial score (nSPS) is 27.1. The smallest absolute Gasteiger partial charge is 0.239 e. The number of rotatable bonds is 4. The van der Waals surface area contributed by atoms with Crippen molar-refractivity contribution in [2.45, 2.75) is 18.6 Å². The minimum atomic E-state index is 0.0258. The maximum atomic E-state index is 12.1. The van der Waals surface area contributed by atoms with Gasteiger partial charge in [0.1, 0.15) is 5.82 Å². The average Bonchev–Trinajstić information content (AvgIpc) is 2.86. The summed E-state index contributed by atoms with van der Waals surface area (Å²) in [6.07, 6.45) is 2.63. The van der Waals surface area contributed by atoms with Crippen LogP contribution in [0.5, 0.6) is 0 Å². The first-order valence-electron chi connectivity index (χ1n) is 7.36. The van der Waals surface area contributed by atoms with Crippen LogP contribution >= 0.6 is 0 Å². The van der Waals surface area contributed by atoms with Crippen LogP contribution in [0.3, 0.4) is 0 Å². The van der Waals surface area contributed by atoms with Crippen LogP contribution in [0, 0.1) is 0 Å². The first-order chi connectivity index (χ1) is 10.2. The second-order valence-corrected chi connectivity index (χ2v) is 5.54. The highest BCUT2D eigenvalue weighted by Gasteiger charge is 2.36. The molecule has 1 aromatic rings. The lowest BCUT2D eigenvalue weighted by Gasteiger charge is -2.35. The molecular formula is C14H21N5O2. The number of nitrogens with zero attached hydrogens (tertiary/aromatic N) is 4. The molecule has 21 heavy (non-hydrogen) atoms. The maximum Gasteiger partial charge on any atom is 0.239 e. The molecule has 0 aliphatic carbocycles. The molecule has 2 fully saturated rings. The minimum absolute atomic E-state index is 0.0258. The summed E-state index contributed by atoms with van der Waals surface area (Å²) < 4.78 is 5.77. The Morgan fingerprint density at radius 1 is 1.48 bits per heavy atom. The monoisotopic (exact) mass is 291 g/mol. The van der Waals surface area contributed by atoms with Gasteiger partial charge in [-0.3, -0.25) is 9.69 Å². The van der Waals surface area contributed by atoms with Gasteiger partial charge < -0.3 is 15.0 Å². The predicted molar refractivity (Wildman–Crippen MR) is 77.9 cm³/mol. The van der Waals surface area contributed by atoms with Crippen molar-refractivity contribution in [3.63, 3.8) is 0 Å². The van der Waals surface area contributed by atoms with Crippen LogP contribution in [0.15, 0.2) is 18.3 Å². The quantitative estimate of drug-likeness (QED) is 0.830. The number of nitrogens with one attached hydrogen (secondary N) is 1. The Kier molecular flexibility index (Phi) is 4.31. The van der Waals surface area contributed by atoms with Gasteiger partial charge in [0, 0.05) is 39.4 Å². The fourth-order valence-electron chi connectivity index (χ4n) is 2.91. The molecule has 0 radical (unpaired) electrons. The van der Waals surface area contributed by atoms with Gasteiger partial charge in [-0.1, -0.05) is 0 Å². The summed E-state index contributed by atoms with van der Waals surface area (Å²) >= 11 is 0. The van der Waals surface area contributed by atoms with Gasteiger partial charge in [-0.15, -0.1) is 5.10 Å². The number of hydrogen-bond donors (Lipinski definition) is 1. The molecule has 7 nitrogen and oxygen atoms in total. The van der Waals surface area contributed by atoms with E-state index in [9.17, 15) is 4.79 Å². The molecule has 1 aromatic heterocycles. The van der Waals surface area contributed by atoms with Crippen LogP contribution in [0.25, 0.3) is 0 Å². The summed E-state index contributed by atoms with van der Waals surface area (Å²) in [6, 6.07) is 3.75. The van der Waals surface area contributed by atoms with Gasteiger partial charge in [-0.05, 0) is 18.6 Å². The third-order valence-electron chi connectivity index (χ3n) is 4.09. The van der Waals surface area contributed by atoms with Gasteiger partial charge in [-0.2, -0.15) is 5.10 Å². The lowest BCUT2D eigenvalue weighted by molar-refractivity contribution is -0.133. The van der Waals surface area contributed by atoms with Gasteiger partial charge in [0.05, 0.1) is 18.8 Å². The molecule has 2 aliphatic rings. The molecule has 0 spiro atoms. The number of carbonyl (C=O) groups is 1. The Morgan fingerprint density at radius 2 is 2.38 bits per heavy atom. The highest BCUT2D eigenvalue weighted by atomic mass is 16.5. The lowest BCUT2D eigenvalue weighted by atomic mass is 10.1. The number of morpholine rings is 1. The molecule has 0 unspecified atom stereocenters. The van der Waals surface area contributed by atoms with E-state index in [2.05, 4.69) is 20.4 Å². The van der Waals surface area contributed by atoms with Crippen LogP contribution in [-0.4, -0.2) is 77.9 Å². The van der Waals surface area contributed by atoms with E-state index in [0.717, 1.165) is 31.9 Å². The number of anilines is 1. The van der Waals surface area contributed by atoms with Crippen molar-refractivity contribution in [2.75, 3.05) is 45.2 Å². The summed E-state index contributed by atoms with van der Waals surface area (Å²) in [7, 11) is 1.87. The number of hydrogen-bond acceptors (Lipinski definition) is 6.